The van der Waals surface area contributed by atoms with Crippen molar-refractivity contribution in [3.8, 4) is 16.9 Å². The summed E-state index contributed by atoms with van der Waals surface area (Å²) in [7, 11) is -4.55. The monoisotopic (exact) mass is 572 g/mol. The summed E-state index contributed by atoms with van der Waals surface area (Å²) in [5.74, 6) is -2.04. The van der Waals surface area contributed by atoms with Crippen LogP contribution in [-0.2, 0) is 24.4 Å². The van der Waals surface area contributed by atoms with Crippen LogP contribution in [0.25, 0.3) is 11.1 Å². The number of nitrogens with one attached hydrogen (secondary N) is 2. The maximum absolute atomic E-state index is 12.9. The number of methoxy groups -OCH3 is 1. The molecule has 13 heteroatoms. The highest BCUT2D eigenvalue weighted by Crippen LogP contribution is 2.29. The Morgan fingerprint density at radius 1 is 0.897 bits per heavy atom. The van der Waals surface area contributed by atoms with Gasteiger partial charge in [0.25, 0.3) is 5.91 Å². The van der Waals surface area contributed by atoms with Crippen molar-refractivity contribution in [2.24, 2.45) is 5.92 Å². The summed E-state index contributed by atoms with van der Waals surface area (Å²) >= 11 is 0. The summed E-state index contributed by atoms with van der Waals surface area (Å²) in [6.45, 7) is 5.64. The summed E-state index contributed by atoms with van der Waals surface area (Å²) in [6.07, 6.45) is 1.34. The molecule has 0 fully saturated rings. The molecule has 0 heterocycles. The lowest BCUT2D eigenvalue weighted by Crippen LogP contribution is -2.52. The molecule has 0 aromatic heterocycles. The first kappa shape index (κ1) is 31.6. The van der Waals surface area contributed by atoms with Gasteiger partial charge in [0.2, 0.25) is 5.91 Å². The fourth-order valence-corrected chi connectivity index (χ4v) is 4.05. The van der Waals surface area contributed by atoms with Gasteiger partial charge in [0.15, 0.2) is 0 Å². The number of esters is 1. The lowest BCUT2D eigenvalue weighted by Gasteiger charge is -2.23. The number of carbonyl (C=O) groups excluding carboxylic acids is 3. The van der Waals surface area contributed by atoms with E-state index in [-0.39, 0.29) is 11.5 Å². The Morgan fingerprint density at radius 2 is 1.44 bits per heavy atom. The molecule has 0 bridgehead atoms. The smallest absolute Gasteiger partial charge is 0.467 e. The van der Waals surface area contributed by atoms with Gasteiger partial charge in [0.05, 0.1) is 7.11 Å². The van der Waals surface area contributed by atoms with Gasteiger partial charge < -0.3 is 19.6 Å². The Kier molecular flexibility index (Phi) is 10.9. The van der Waals surface area contributed by atoms with Gasteiger partial charge in [-0.05, 0) is 54.2 Å². The number of benzene rings is 2. The standard InChI is InChI=1S/C26H31F3N2O7S/c1-5-6-21(25(34)37-4)30-24(33)22(15-16(2)3)31-23(32)19-9-7-17(8-10-19)18-11-13-20(14-12-18)38-39(35,36)26(27,28)29/h7-14,16,21-22H,5-6,15H2,1-4H3,(H,30,33)(H,31,32)/t21?,22-/m0/s1. The number of carbonyl (C=O) groups is 3. The Morgan fingerprint density at radius 3 is 1.90 bits per heavy atom. The third kappa shape index (κ3) is 8.98. The van der Waals surface area contributed by atoms with E-state index in [0.717, 1.165) is 12.1 Å². The van der Waals surface area contributed by atoms with Crippen molar-refractivity contribution in [3.05, 3.63) is 54.1 Å². The van der Waals surface area contributed by atoms with Gasteiger partial charge in [-0.2, -0.15) is 21.6 Å². The molecule has 2 rings (SSSR count). The Labute approximate surface area is 225 Å². The van der Waals surface area contributed by atoms with E-state index >= 15 is 0 Å². The number of alkyl halides is 3. The van der Waals surface area contributed by atoms with Gasteiger partial charge in [0.1, 0.15) is 17.8 Å². The minimum Gasteiger partial charge on any atom is -0.467 e. The van der Waals surface area contributed by atoms with Crippen LogP contribution >= 0.6 is 0 Å². The second kappa shape index (κ2) is 13.5. The van der Waals surface area contributed by atoms with Crippen LogP contribution in [0.2, 0.25) is 0 Å². The Balaban J connectivity index is 2.13. The fourth-order valence-electron chi connectivity index (χ4n) is 3.59. The third-order valence-corrected chi connectivity index (χ3v) is 6.51. The lowest BCUT2D eigenvalue weighted by atomic mass is 10.0. The quantitative estimate of drug-likeness (QED) is 0.222. The van der Waals surface area contributed by atoms with Crippen LogP contribution in [-0.4, -0.2) is 50.9 Å². The maximum atomic E-state index is 12.9. The van der Waals surface area contributed by atoms with Crippen molar-refractivity contribution in [1.82, 2.24) is 10.6 Å². The number of hydrogen-bond donors (Lipinski definition) is 2. The molecule has 2 atom stereocenters. The molecule has 2 aromatic rings. The Bertz CT molecular complexity index is 1250. The highest BCUT2D eigenvalue weighted by molar-refractivity contribution is 7.88. The molecule has 39 heavy (non-hydrogen) atoms. The van der Waals surface area contributed by atoms with Gasteiger partial charge in [0, 0.05) is 5.56 Å². The number of ether oxygens (including phenoxy) is 1. The van der Waals surface area contributed by atoms with E-state index in [1.807, 2.05) is 20.8 Å². The molecule has 0 aliphatic rings. The van der Waals surface area contributed by atoms with E-state index < -0.39 is 51.2 Å². The number of amides is 2. The zero-order chi connectivity index (χ0) is 29.4. The van der Waals surface area contributed by atoms with Crippen LogP contribution in [0.15, 0.2) is 48.5 Å². The minimum atomic E-state index is -5.78. The van der Waals surface area contributed by atoms with Crippen LogP contribution in [0.4, 0.5) is 13.2 Å². The van der Waals surface area contributed by atoms with Crippen LogP contribution in [0.5, 0.6) is 5.75 Å². The van der Waals surface area contributed by atoms with Crippen LogP contribution in [0.1, 0.15) is 50.4 Å². The molecule has 0 aliphatic heterocycles. The van der Waals surface area contributed by atoms with Gasteiger partial charge in [-0.25, -0.2) is 4.79 Å². The number of halogens is 3. The van der Waals surface area contributed by atoms with Gasteiger partial charge in [-0.3, -0.25) is 9.59 Å². The zero-order valence-electron chi connectivity index (χ0n) is 21.9. The van der Waals surface area contributed by atoms with E-state index in [2.05, 4.69) is 14.8 Å². The lowest BCUT2D eigenvalue weighted by molar-refractivity contribution is -0.145. The largest absolute Gasteiger partial charge is 0.534 e. The highest BCUT2D eigenvalue weighted by atomic mass is 32.2. The molecule has 0 saturated heterocycles. The van der Waals surface area contributed by atoms with Crippen LogP contribution in [0.3, 0.4) is 0 Å². The molecule has 2 amide bonds. The predicted octanol–water partition coefficient (Wildman–Crippen LogP) is 4.18. The van der Waals surface area contributed by atoms with Gasteiger partial charge in [-0.15, -0.1) is 0 Å². The van der Waals surface area contributed by atoms with Crippen molar-refractivity contribution in [2.45, 2.75) is 57.6 Å². The van der Waals surface area contributed by atoms with E-state index in [4.69, 9.17) is 4.74 Å². The SMILES string of the molecule is CCCC(NC(=O)[C@H](CC(C)C)NC(=O)c1ccc(-c2ccc(OS(=O)(=O)C(F)(F)F)cc2)cc1)C(=O)OC. The Hall–Kier alpha value is -3.61. The summed E-state index contributed by atoms with van der Waals surface area (Å²) in [4.78, 5) is 37.8. The van der Waals surface area contributed by atoms with E-state index in [0.29, 0.717) is 30.4 Å². The third-order valence-electron chi connectivity index (χ3n) is 5.53. The van der Waals surface area contributed by atoms with Crippen LogP contribution in [0, 0.1) is 5.92 Å². The van der Waals surface area contributed by atoms with E-state index in [1.54, 1.807) is 12.1 Å². The average molecular weight is 573 g/mol. The van der Waals surface area contributed by atoms with Crippen molar-refractivity contribution in [2.75, 3.05) is 7.11 Å². The maximum Gasteiger partial charge on any atom is 0.534 e. The minimum absolute atomic E-state index is 0.0595. The van der Waals surface area contributed by atoms with Crippen molar-refractivity contribution >= 4 is 27.9 Å². The van der Waals surface area contributed by atoms with E-state index in [1.165, 1.54) is 31.4 Å². The van der Waals surface area contributed by atoms with Crippen molar-refractivity contribution in [1.29, 1.82) is 0 Å². The number of rotatable bonds is 12. The second-order valence-corrected chi connectivity index (χ2v) is 10.7. The first-order valence-corrected chi connectivity index (χ1v) is 13.5. The molecule has 2 N–H and O–H groups in total. The molecule has 0 aliphatic carbocycles. The first-order chi connectivity index (χ1) is 18.2. The molecule has 2 aromatic carbocycles. The molecule has 0 saturated carbocycles. The summed E-state index contributed by atoms with van der Waals surface area (Å²) in [5, 5.41) is 5.35. The highest BCUT2D eigenvalue weighted by Gasteiger charge is 2.48. The molecule has 1 unspecified atom stereocenters. The second-order valence-electron chi connectivity index (χ2n) is 9.11. The fraction of sp³-hybridized carbons (Fsp3) is 0.423. The molecule has 0 spiro atoms. The average Bonchev–Trinajstić information content (AvgIpc) is 2.87. The summed E-state index contributed by atoms with van der Waals surface area (Å²) < 4.78 is 68.6. The topological polar surface area (TPSA) is 128 Å². The summed E-state index contributed by atoms with van der Waals surface area (Å²) in [6, 6.07) is 9.34. The van der Waals surface area contributed by atoms with Crippen molar-refractivity contribution < 1.29 is 44.9 Å². The number of hydrogen-bond acceptors (Lipinski definition) is 7. The van der Waals surface area contributed by atoms with Crippen LogP contribution < -0.4 is 14.8 Å². The molecular weight excluding hydrogens is 541 g/mol. The first-order valence-electron chi connectivity index (χ1n) is 12.1. The molecule has 9 nitrogen and oxygen atoms in total. The van der Waals surface area contributed by atoms with Crippen molar-refractivity contribution in [3.63, 3.8) is 0 Å². The van der Waals surface area contributed by atoms with Gasteiger partial charge >= 0.3 is 21.6 Å². The van der Waals surface area contributed by atoms with E-state index in [9.17, 15) is 36.0 Å². The normalized spacial score (nSPS) is 13.3. The summed E-state index contributed by atoms with van der Waals surface area (Å²) in [5.41, 5.74) is -4.18. The van der Waals surface area contributed by atoms with Gasteiger partial charge in [-0.1, -0.05) is 51.5 Å². The molecular formula is C26H31F3N2O7S. The molecule has 214 valence electrons. The predicted molar refractivity (Wildman–Crippen MR) is 137 cm³/mol. The zero-order valence-corrected chi connectivity index (χ0v) is 22.7. The molecule has 0 radical (unpaired) electrons.